The summed E-state index contributed by atoms with van der Waals surface area (Å²) in [6.45, 7) is 1.75. The Balaban J connectivity index is 2.33. The Kier molecular flexibility index (Phi) is 4.20. The van der Waals surface area contributed by atoms with Crippen molar-refractivity contribution in [3.8, 4) is 0 Å². The van der Waals surface area contributed by atoms with Crippen LogP contribution in [0.5, 0.6) is 0 Å². The van der Waals surface area contributed by atoms with E-state index in [1.54, 1.807) is 21.1 Å². The lowest BCUT2D eigenvalue weighted by molar-refractivity contribution is -0.0843. The van der Waals surface area contributed by atoms with Gasteiger partial charge in [0.05, 0.1) is 5.75 Å². The van der Waals surface area contributed by atoms with Crippen molar-refractivity contribution in [2.45, 2.75) is 18.4 Å². The fraction of sp³-hybridized carbons (Fsp3) is 0.714. The summed E-state index contributed by atoms with van der Waals surface area (Å²) in [5, 5.41) is 8.06. The monoisotopic (exact) mass is 204 g/mol. The maximum atomic E-state index is 5.15. The molecule has 0 saturated heterocycles. The summed E-state index contributed by atoms with van der Waals surface area (Å²) in [5.74, 6) is 1.20. The van der Waals surface area contributed by atoms with Crippen LogP contribution in [0.1, 0.15) is 5.89 Å². The van der Waals surface area contributed by atoms with Gasteiger partial charge in [-0.15, -0.1) is 10.2 Å². The van der Waals surface area contributed by atoms with Crippen molar-refractivity contribution < 1.29 is 13.9 Å². The average Bonchev–Trinajstić information content (AvgIpc) is 2.53. The molecule has 0 N–H and O–H groups in total. The Morgan fingerprint density at radius 1 is 1.38 bits per heavy atom. The fourth-order valence-electron chi connectivity index (χ4n) is 0.708. The molecular formula is C7H12N2O3S. The second-order valence-electron chi connectivity index (χ2n) is 2.30. The van der Waals surface area contributed by atoms with Gasteiger partial charge in [0.2, 0.25) is 5.89 Å². The smallest absolute Gasteiger partial charge is 0.276 e. The molecule has 0 unspecified atom stereocenters. The number of thioether (sulfide) groups is 1. The molecule has 0 aliphatic rings. The number of hydrogen-bond donors (Lipinski definition) is 0. The van der Waals surface area contributed by atoms with Crippen molar-refractivity contribution in [3.05, 3.63) is 5.89 Å². The van der Waals surface area contributed by atoms with Crippen LogP contribution in [0.4, 0.5) is 0 Å². The Morgan fingerprint density at radius 2 is 2.08 bits per heavy atom. The molecule has 0 aliphatic carbocycles. The lowest BCUT2D eigenvalue weighted by Gasteiger charge is -2.10. The van der Waals surface area contributed by atoms with Gasteiger partial charge < -0.3 is 13.9 Å². The number of rotatable bonds is 5. The first-order valence-electron chi connectivity index (χ1n) is 3.74. The first-order valence-corrected chi connectivity index (χ1v) is 4.73. The van der Waals surface area contributed by atoms with Crippen molar-refractivity contribution in [2.75, 3.05) is 20.0 Å². The SMILES string of the molecule is COC(CSc1nnc(C)o1)OC. The highest BCUT2D eigenvalue weighted by Crippen LogP contribution is 2.17. The van der Waals surface area contributed by atoms with Gasteiger partial charge in [0.1, 0.15) is 0 Å². The molecular weight excluding hydrogens is 192 g/mol. The molecule has 1 aromatic rings. The molecule has 0 amide bonds. The largest absolute Gasteiger partial charge is 0.416 e. The quantitative estimate of drug-likeness (QED) is 0.528. The topological polar surface area (TPSA) is 57.4 Å². The molecule has 0 bridgehead atoms. The summed E-state index contributed by atoms with van der Waals surface area (Å²) in [5.41, 5.74) is 0. The van der Waals surface area contributed by atoms with E-state index in [1.165, 1.54) is 11.8 Å². The third kappa shape index (κ3) is 3.33. The van der Waals surface area contributed by atoms with Gasteiger partial charge in [-0.1, -0.05) is 11.8 Å². The van der Waals surface area contributed by atoms with Crippen LogP contribution < -0.4 is 0 Å². The second kappa shape index (κ2) is 5.21. The van der Waals surface area contributed by atoms with Crippen LogP contribution in [-0.2, 0) is 9.47 Å². The molecule has 13 heavy (non-hydrogen) atoms. The highest BCUT2D eigenvalue weighted by Gasteiger charge is 2.09. The van der Waals surface area contributed by atoms with Crippen molar-refractivity contribution in [2.24, 2.45) is 0 Å². The second-order valence-corrected chi connectivity index (χ2v) is 3.27. The van der Waals surface area contributed by atoms with E-state index in [9.17, 15) is 0 Å². The van der Waals surface area contributed by atoms with Crippen LogP contribution in [0.2, 0.25) is 0 Å². The van der Waals surface area contributed by atoms with Gasteiger partial charge >= 0.3 is 0 Å². The Labute approximate surface area is 80.8 Å². The maximum absolute atomic E-state index is 5.15. The first kappa shape index (κ1) is 10.5. The molecule has 0 aromatic carbocycles. The molecule has 0 saturated carbocycles. The van der Waals surface area contributed by atoms with E-state index in [4.69, 9.17) is 13.9 Å². The standard InChI is InChI=1S/C7H12N2O3S/c1-5-8-9-7(12-5)13-4-6(10-2)11-3/h6H,4H2,1-3H3. The molecule has 0 atom stereocenters. The molecule has 1 aromatic heterocycles. The van der Waals surface area contributed by atoms with Crippen molar-refractivity contribution >= 4 is 11.8 Å². The molecule has 0 aliphatic heterocycles. The summed E-state index contributed by atoms with van der Waals surface area (Å²) < 4.78 is 15.1. The van der Waals surface area contributed by atoms with E-state index in [2.05, 4.69) is 10.2 Å². The fourth-order valence-corrected chi connectivity index (χ4v) is 1.54. The van der Waals surface area contributed by atoms with Crippen LogP contribution in [0.25, 0.3) is 0 Å². The minimum atomic E-state index is -0.239. The summed E-state index contributed by atoms with van der Waals surface area (Å²) in [4.78, 5) is 0. The van der Waals surface area contributed by atoms with Crippen LogP contribution in [-0.4, -0.2) is 36.5 Å². The third-order valence-electron chi connectivity index (χ3n) is 1.38. The molecule has 5 nitrogen and oxygen atoms in total. The van der Waals surface area contributed by atoms with Crippen LogP contribution in [0, 0.1) is 6.92 Å². The highest BCUT2D eigenvalue weighted by molar-refractivity contribution is 7.99. The lowest BCUT2D eigenvalue weighted by atomic mass is 10.7. The minimum Gasteiger partial charge on any atom is -0.416 e. The van der Waals surface area contributed by atoms with Gasteiger partial charge in [-0.25, -0.2) is 0 Å². The number of aromatic nitrogens is 2. The third-order valence-corrected chi connectivity index (χ3v) is 2.23. The number of ether oxygens (including phenoxy) is 2. The molecule has 74 valence electrons. The number of hydrogen-bond acceptors (Lipinski definition) is 6. The van der Waals surface area contributed by atoms with Gasteiger partial charge in [-0.05, 0) is 0 Å². The van der Waals surface area contributed by atoms with E-state index in [-0.39, 0.29) is 6.29 Å². The van der Waals surface area contributed by atoms with Gasteiger partial charge in [-0.2, -0.15) is 0 Å². The van der Waals surface area contributed by atoms with Crippen LogP contribution in [0.15, 0.2) is 9.64 Å². The molecule has 0 radical (unpaired) electrons. The summed E-state index contributed by atoms with van der Waals surface area (Å²) in [6, 6.07) is 0. The molecule has 1 rings (SSSR count). The maximum Gasteiger partial charge on any atom is 0.276 e. The molecule has 0 fully saturated rings. The average molecular weight is 204 g/mol. The van der Waals surface area contributed by atoms with Crippen molar-refractivity contribution in [1.29, 1.82) is 0 Å². The zero-order chi connectivity index (χ0) is 9.68. The Bertz CT molecular complexity index is 250. The molecule has 1 heterocycles. The van der Waals surface area contributed by atoms with E-state index in [0.29, 0.717) is 16.9 Å². The lowest BCUT2D eigenvalue weighted by Crippen LogP contribution is -2.15. The number of methoxy groups -OCH3 is 2. The Hall–Kier alpha value is -0.590. The van der Waals surface area contributed by atoms with Crippen molar-refractivity contribution in [1.82, 2.24) is 10.2 Å². The van der Waals surface area contributed by atoms with Crippen molar-refractivity contribution in [3.63, 3.8) is 0 Å². The first-order chi connectivity index (χ1) is 6.26. The van der Waals surface area contributed by atoms with E-state index in [1.807, 2.05) is 0 Å². The van der Waals surface area contributed by atoms with Crippen LogP contribution >= 0.6 is 11.8 Å². The summed E-state index contributed by atoms with van der Waals surface area (Å²) >= 11 is 1.41. The van der Waals surface area contributed by atoms with Gasteiger partial charge in [0, 0.05) is 21.1 Å². The van der Waals surface area contributed by atoms with Gasteiger partial charge in [0.25, 0.3) is 5.22 Å². The number of aryl methyl sites for hydroxylation is 1. The zero-order valence-electron chi connectivity index (χ0n) is 7.81. The van der Waals surface area contributed by atoms with Gasteiger partial charge in [0.15, 0.2) is 6.29 Å². The van der Waals surface area contributed by atoms with Gasteiger partial charge in [-0.3, -0.25) is 0 Å². The van der Waals surface area contributed by atoms with E-state index >= 15 is 0 Å². The predicted octanol–water partition coefficient (Wildman–Crippen LogP) is 1.09. The molecule has 6 heteroatoms. The zero-order valence-corrected chi connectivity index (χ0v) is 8.63. The minimum absolute atomic E-state index is 0.239. The molecule has 0 spiro atoms. The predicted molar refractivity (Wildman–Crippen MR) is 47.6 cm³/mol. The van der Waals surface area contributed by atoms with E-state index < -0.39 is 0 Å². The van der Waals surface area contributed by atoms with E-state index in [0.717, 1.165) is 0 Å². The Morgan fingerprint density at radius 3 is 2.54 bits per heavy atom. The summed E-state index contributed by atoms with van der Waals surface area (Å²) in [6.07, 6.45) is -0.239. The number of nitrogens with zero attached hydrogens (tertiary/aromatic N) is 2. The van der Waals surface area contributed by atoms with Crippen LogP contribution in [0.3, 0.4) is 0 Å². The summed E-state index contributed by atoms with van der Waals surface area (Å²) in [7, 11) is 3.18. The highest BCUT2D eigenvalue weighted by atomic mass is 32.2. The normalized spacial score (nSPS) is 11.1.